The molecule has 0 saturated heterocycles. The fourth-order valence-electron chi connectivity index (χ4n) is 2.29. The van der Waals surface area contributed by atoms with Gasteiger partial charge in [0.05, 0.1) is 12.7 Å². The Bertz CT molecular complexity index is 629. The Labute approximate surface area is 148 Å². The van der Waals surface area contributed by atoms with Crippen LogP contribution in [-0.4, -0.2) is 24.4 Å². The van der Waals surface area contributed by atoms with Crippen molar-refractivity contribution in [2.45, 2.75) is 33.1 Å². The summed E-state index contributed by atoms with van der Waals surface area (Å²) in [6.45, 7) is 5.83. The molecule has 2 aromatic carbocycles. The van der Waals surface area contributed by atoms with Crippen molar-refractivity contribution < 1.29 is 14.6 Å². The largest absolute Gasteiger partial charge is 0.490 e. The van der Waals surface area contributed by atoms with Gasteiger partial charge in [-0.05, 0) is 37.6 Å². The van der Waals surface area contributed by atoms with E-state index in [-0.39, 0.29) is 0 Å². The highest BCUT2D eigenvalue weighted by Crippen LogP contribution is 2.32. The van der Waals surface area contributed by atoms with E-state index in [1.165, 1.54) is 0 Å². The number of para-hydroxylation sites is 1. The topological polar surface area (TPSA) is 50.7 Å². The smallest absolute Gasteiger partial charge is 0.166 e. The zero-order chi connectivity index (χ0) is 17.4. The summed E-state index contributed by atoms with van der Waals surface area (Å²) >= 11 is 5.91. The van der Waals surface area contributed by atoms with Crippen molar-refractivity contribution in [1.82, 2.24) is 5.32 Å². The molecule has 0 aliphatic carbocycles. The predicted molar refractivity (Wildman–Crippen MR) is 96.8 cm³/mol. The normalized spacial score (nSPS) is 12.0. The first kappa shape index (κ1) is 18.6. The number of aliphatic hydroxyl groups is 1. The highest BCUT2D eigenvalue weighted by molar-refractivity contribution is 6.30. The van der Waals surface area contributed by atoms with E-state index in [2.05, 4.69) is 5.32 Å². The maximum Gasteiger partial charge on any atom is 0.166 e. The molecule has 0 aliphatic heterocycles. The van der Waals surface area contributed by atoms with Crippen LogP contribution in [0.15, 0.2) is 42.5 Å². The van der Waals surface area contributed by atoms with Gasteiger partial charge in [0, 0.05) is 23.7 Å². The first-order valence-electron chi connectivity index (χ1n) is 8.11. The number of hydrogen-bond acceptors (Lipinski definition) is 4. The molecule has 0 bridgehead atoms. The van der Waals surface area contributed by atoms with Crippen molar-refractivity contribution in [2.24, 2.45) is 0 Å². The summed E-state index contributed by atoms with van der Waals surface area (Å²) in [4.78, 5) is 0. The van der Waals surface area contributed by atoms with E-state index in [1.807, 2.05) is 49.4 Å². The fraction of sp³-hybridized carbons (Fsp3) is 0.368. The van der Waals surface area contributed by atoms with E-state index in [4.69, 9.17) is 21.1 Å². The SMILES string of the molecule is CCOc1cccc(CNC[C@@H](C)O)c1OCc1ccc(Cl)cc1. The summed E-state index contributed by atoms with van der Waals surface area (Å²) in [5, 5.41) is 13.3. The molecule has 2 rings (SSSR count). The minimum atomic E-state index is -0.390. The molecule has 0 heterocycles. The Balaban J connectivity index is 2.12. The van der Waals surface area contributed by atoms with Gasteiger partial charge in [0.1, 0.15) is 6.61 Å². The number of aliphatic hydroxyl groups excluding tert-OH is 1. The molecule has 0 aliphatic rings. The van der Waals surface area contributed by atoms with Crippen LogP contribution in [0.3, 0.4) is 0 Å². The zero-order valence-electron chi connectivity index (χ0n) is 14.1. The molecule has 4 nitrogen and oxygen atoms in total. The number of benzene rings is 2. The first-order chi connectivity index (χ1) is 11.6. The van der Waals surface area contributed by atoms with E-state index in [0.717, 1.165) is 22.6 Å². The summed E-state index contributed by atoms with van der Waals surface area (Å²) < 4.78 is 11.7. The standard InChI is InChI=1S/C19H24ClNO3/c1-3-23-18-6-4-5-16(12-21-11-14(2)22)19(18)24-13-15-7-9-17(20)10-8-15/h4-10,14,21-22H,3,11-13H2,1-2H3/t14-/m1/s1. The van der Waals surface area contributed by atoms with Crippen LogP contribution in [0.1, 0.15) is 25.0 Å². The first-order valence-corrected chi connectivity index (χ1v) is 8.48. The molecule has 0 aromatic heterocycles. The summed E-state index contributed by atoms with van der Waals surface area (Å²) in [6.07, 6.45) is -0.390. The number of rotatable bonds is 9. The van der Waals surface area contributed by atoms with Gasteiger partial charge >= 0.3 is 0 Å². The number of nitrogens with one attached hydrogen (secondary N) is 1. The lowest BCUT2D eigenvalue weighted by atomic mass is 10.1. The second kappa shape index (κ2) is 9.52. The molecular weight excluding hydrogens is 326 g/mol. The molecule has 2 aromatic rings. The van der Waals surface area contributed by atoms with Gasteiger partial charge in [0.25, 0.3) is 0 Å². The lowest BCUT2D eigenvalue weighted by Crippen LogP contribution is -2.24. The van der Waals surface area contributed by atoms with E-state index < -0.39 is 6.10 Å². The second-order valence-electron chi connectivity index (χ2n) is 5.57. The number of ether oxygens (including phenoxy) is 2. The van der Waals surface area contributed by atoms with Crippen LogP contribution in [0.2, 0.25) is 5.02 Å². The Morgan fingerprint density at radius 3 is 2.54 bits per heavy atom. The third-order valence-electron chi connectivity index (χ3n) is 3.41. The minimum Gasteiger partial charge on any atom is -0.490 e. The van der Waals surface area contributed by atoms with Crippen LogP contribution >= 0.6 is 11.6 Å². The van der Waals surface area contributed by atoms with Crippen molar-refractivity contribution >= 4 is 11.6 Å². The minimum absolute atomic E-state index is 0.390. The van der Waals surface area contributed by atoms with Gasteiger partial charge in [-0.1, -0.05) is 35.9 Å². The van der Waals surface area contributed by atoms with Gasteiger partial charge in [-0.15, -0.1) is 0 Å². The van der Waals surface area contributed by atoms with Crippen LogP contribution in [0, 0.1) is 0 Å². The van der Waals surface area contributed by atoms with Crippen LogP contribution in [0.5, 0.6) is 11.5 Å². The monoisotopic (exact) mass is 349 g/mol. The maximum absolute atomic E-state index is 9.38. The molecule has 1 atom stereocenters. The molecule has 0 radical (unpaired) electrons. The molecule has 2 N–H and O–H groups in total. The van der Waals surface area contributed by atoms with Gasteiger partial charge in [-0.3, -0.25) is 0 Å². The molecular formula is C19H24ClNO3. The van der Waals surface area contributed by atoms with Gasteiger partial charge in [0.2, 0.25) is 0 Å². The highest BCUT2D eigenvalue weighted by Gasteiger charge is 2.11. The van der Waals surface area contributed by atoms with Gasteiger partial charge in [-0.25, -0.2) is 0 Å². The molecule has 0 fully saturated rings. The van der Waals surface area contributed by atoms with Crippen molar-refractivity contribution in [3.63, 3.8) is 0 Å². The van der Waals surface area contributed by atoms with Crippen molar-refractivity contribution in [3.05, 3.63) is 58.6 Å². The summed E-state index contributed by atoms with van der Waals surface area (Å²) in [5.74, 6) is 1.45. The second-order valence-corrected chi connectivity index (χ2v) is 6.01. The maximum atomic E-state index is 9.38. The lowest BCUT2D eigenvalue weighted by Gasteiger charge is -2.17. The van der Waals surface area contributed by atoms with Crippen LogP contribution in [-0.2, 0) is 13.2 Å². The predicted octanol–water partition coefficient (Wildman–Crippen LogP) is 3.79. The summed E-state index contributed by atoms with van der Waals surface area (Å²) in [7, 11) is 0. The average Bonchev–Trinajstić information content (AvgIpc) is 2.55. The van der Waals surface area contributed by atoms with Crippen molar-refractivity contribution in [1.29, 1.82) is 0 Å². The Kier molecular flexibility index (Phi) is 7.37. The quantitative estimate of drug-likeness (QED) is 0.723. The van der Waals surface area contributed by atoms with E-state index >= 15 is 0 Å². The summed E-state index contributed by atoms with van der Waals surface area (Å²) in [5.41, 5.74) is 2.03. The van der Waals surface area contributed by atoms with Crippen LogP contribution in [0.25, 0.3) is 0 Å². The van der Waals surface area contributed by atoms with E-state index in [1.54, 1.807) is 6.92 Å². The van der Waals surface area contributed by atoms with Crippen LogP contribution in [0.4, 0.5) is 0 Å². The molecule has 24 heavy (non-hydrogen) atoms. The van der Waals surface area contributed by atoms with Gasteiger partial charge < -0.3 is 19.9 Å². The van der Waals surface area contributed by atoms with Crippen molar-refractivity contribution in [2.75, 3.05) is 13.2 Å². The molecule has 130 valence electrons. The summed E-state index contributed by atoms with van der Waals surface area (Å²) in [6, 6.07) is 13.4. The van der Waals surface area contributed by atoms with Crippen LogP contribution < -0.4 is 14.8 Å². The molecule has 0 spiro atoms. The third-order valence-corrected chi connectivity index (χ3v) is 3.66. The Morgan fingerprint density at radius 2 is 1.88 bits per heavy atom. The van der Waals surface area contributed by atoms with Crippen molar-refractivity contribution in [3.8, 4) is 11.5 Å². The molecule has 0 unspecified atom stereocenters. The highest BCUT2D eigenvalue weighted by atomic mass is 35.5. The Morgan fingerprint density at radius 1 is 1.12 bits per heavy atom. The van der Waals surface area contributed by atoms with Gasteiger partial charge in [0.15, 0.2) is 11.5 Å². The third kappa shape index (κ3) is 5.71. The lowest BCUT2D eigenvalue weighted by molar-refractivity contribution is 0.190. The number of hydrogen-bond donors (Lipinski definition) is 2. The average molecular weight is 350 g/mol. The van der Waals surface area contributed by atoms with E-state index in [0.29, 0.717) is 31.3 Å². The molecule has 5 heteroatoms. The zero-order valence-corrected chi connectivity index (χ0v) is 14.8. The number of halogens is 1. The Hall–Kier alpha value is -1.75. The van der Waals surface area contributed by atoms with Gasteiger partial charge in [-0.2, -0.15) is 0 Å². The fourth-order valence-corrected chi connectivity index (χ4v) is 2.41. The molecule has 0 amide bonds. The molecule has 0 saturated carbocycles. The van der Waals surface area contributed by atoms with E-state index in [9.17, 15) is 5.11 Å².